The van der Waals surface area contributed by atoms with Crippen LogP contribution in [-0.2, 0) is 0 Å². The number of hydrogen-bond acceptors (Lipinski definition) is 6. The van der Waals surface area contributed by atoms with Crippen molar-refractivity contribution in [3.8, 4) is 0 Å². The summed E-state index contributed by atoms with van der Waals surface area (Å²) in [6.07, 6.45) is 2.19. The Morgan fingerprint density at radius 1 is 1.44 bits per heavy atom. The molecule has 0 bridgehead atoms. The molecule has 0 aliphatic carbocycles. The second-order valence-electron chi connectivity index (χ2n) is 4.82. The third kappa shape index (κ3) is 3.46. The molecule has 2 heterocycles. The van der Waals surface area contributed by atoms with Gasteiger partial charge in [0.05, 0.1) is 0 Å². The SMILES string of the molecule is CCCNc1cc(NC2CCN(C)C2)nc(N)n1. The monoisotopic (exact) mass is 250 g/mol. The van der Waals surface area contributed by atoms with Crippen LogP contribution in [0, 0.1) is 0 Å². The topological polar surface area (TPSA) is 79.1 Å². The Morgan fingerprint density at radius 3 is 2.89 bits per heavy atom. The summed E-state index contributed by atoms with van der Waals surface area (Å²) in [7, 11) is 2.13. The lowest BCUT2D eigenvalue weighted by atomic mass is 10.2. The highest BCUT2D eigenvalue weighted by Gasteiger charge is 2.19. The van der Waals surface area contributed by atoms with Crippen LogP contribution in [0.5, 0.6) is 0 Å². The molecule has 2 rings (SSSR count). The van der Waals surface area contributed by atoms with E-state index < -0.39 is 0 Å². The second kappa shape index (κ2) is 5.86. The smallest absolute Gasteiger partial charge is 0.223 e. The molecule has 100 valence electrons. The van der Waals surface area contributed by atoms with E-state index in [0.717, 1.165) is 44.1 Å². The molecule has 0 aromatic carbocycles. The molecule has 0 saturated carbocycles. The average Bonchev–Trinajstić information content (AvgIpc) is 2.71. The third-order valence-electron chi connectivity index (χ3n) is 3.04. The molecule has 1 aliphatic rings. The number of nitrogens with zero attached hydrogens (tertiary/aromatic N) is 3. The fraction of sp³-hybridized carbons (Fsp3) is 0.667. The van der Waals surface area contributed by atoms with Crippen LogP contribution < -0.4 is 16.4 Å². The van der Waals surface area contributed by atoms with Crippen LogP contribution in [0.1, 0.15) is 19.8 Å². The van der Waals surface area contributed by atoms with Crippen molar-refractivity contribution in [1.29, 1.82) is 0 Å². The Morgan fingerprint density at radius 2 is 2.22 bits per heavy atom. The van der Waals surface area contributed by atoms with Crippen molar-refractivity contribution >= 4 is 17.6 Å². The van der Waals surface area contributed by atoms with E-state index in [9.17, 15) is 0 Å². The minimum Gasteiger partial charge on any atom is -0.370 e. The predicted octanol–water partition coefficient (Wildman–Crippen LogP) is 0.997. The fourth-order valence-electron chi connectivity index (χ4n) is 2.15. The van der Waals surface area contributed by atoms with Gasteiger partial charge < -0.3 is 21.3 Å². The van der Waals surface area contributed by atoms with Crippen molar-refractivity contribution in [2.75, 3.05) is 43.0 Å². The van der Waals surface area contributed by atoms with E-state index >= 15 is 0 Å². The van der Waals surface area contributed by atoms with Gasteiger partial charge in [-0.2, -0.15) is 9.97 Å². The largest absolute Gasteiger partial charge is 0.370 e. The Bertz CT molecular complexity index is 394. The van der Waals surface area contributed by atoms with Gasteiger partial charge in [-0.15, -0.1) is 0 Å². The molecule has 0 amide bonds. The predicted molar refractivity (Wildman–Crippen MR) is 74.7 cm³/mol. The van der Waals surface area contributed by atoms with Gasteiger partial charge in [0.1, 0.15) is 11.6 Å². The molecule has 1 aromatic heterocycles. The van der Waals surface area contributed by atoms with E-state index in [0.29, 0.717) is 12.0 Å². The molecular weight excluding hydrogens is 228 g/mol. The zero-order valence-corrected chi connectivity index (χ0v) is 11.1. The van der Waals surface area contributed by atoms with Crippen molar-refractivity contribution in [2.45, 2.75) is 25.8 Å². The van der Waals surface area contributed by atoms with Gasteiger partial charge in [0, 0.05) is 25.2 Å². The molecule has 0 radical (unpaired) electrons. The van der Waals surface area contributed by atoms with E-state index in [-0.39, 0.29) is 0 Å². The standard InChI is InChI=1S/C12H22N6/c1-3-5-14-10-7-11(17-12(13)16-10)15-9-4-6-18(2)8-9/h7,9H,3-6,8H2,1-2H3,(H4,13,14,15,16,17). The van der Waals surface area contributed by atoms with Gasteiger partial charge in [-0.05, 0) is 26.4 Å². The van der Waals surface area contributed by atoms with Gasteiger partial charge >= 0.3 is 0 Å². The number of nitrogen functional groups attached to an aromatic ring is 1. The highest BCUT2D eigenvalue weighted by Crippen LogP contribution is 2.16. The number of likely N-dealkylation sites (N-methyl/N-ethyl adjacent to an activating group) is 1. The van der Waals surface area contributed by atoms with E-state index in [1.165, 1.54) is 0 Å². The molecule has 0 spiro atoms. The first-order valence-corrected chi connectivity index (χ1v) is 6.51. The Labute approximate surface area is 108 Å². The Hall–Kier alpha value is -1.56. The van der Waals surface area contributed by atoms with Gasteiger partial charge in [0.2, 0.25) is 5.95 Å². The zero-order chi connectivity index (χ0) is 13.0. The van der Waals surface area contributed by atoms with Gasteiger partial charge in [0.15, 0.2) is 0 Å². The van der Waals surface area contributed by atoms with Crippen molar-refractivity contribution in [3.63, 3.8) is 0 Å². The Kier molecular flexibility index (Phi) is 4.19. The minimum absolute atomic E-state index is 0.310. The normalized spacial score (nSPS) is 20.0. The lowest BCUT2D eigenvalue weighted by molar-refractivity contribution is 0.414. The molecule has 1 aromatic rings. The van der Waals surface area contributed by atoms with Crippen LogP contribution in [0.4, 0.5) is 17.6 Å². The van der Waals surface area contributed by atoms with Crippen LogP contribution in [0.3, 0.4) is 0 Å². The molecule has 1 atom stereocenters. The highest BCUT2D eigenvalue weighted by atomic mass is 15.2. The van der Waals surface area contributed by atoms with Crippen molar-refractivity contribution in [2.24, 2.45) is 0 Å². The van der Waals surface area contributed by atoms with Crippen LogP contribution >= 0.6 is 0 Å². The highest BCUT2D eigenvalue weighted by molar-refractivity contribution is 5.51. The molecule has 6 nitrogen and oxygen atoms in total. The third-order valence-corrected chi connectivity index (χ3v) is 3.04. The fourth-order valence-corrected chi connectivity index (χ4v) is 2.15. The molecule has 1 unspecified atom stereocenters. The lowest BCUT2D eigenvalue weighted by Gasteiger charge is -2.14. The first-order valence-electron chi connectivity index (χ1n) is 6.51. The van der Waals surface area contributed by atoms with Gasteiger partial charge in [0.25, 0.3) is 0 Å². The van der Waals surface area contributed by atoms with Crippen LogP contribution in [0.15, 0.2) is 6.07 Å². The quantitative estimate of drug-likeness (QED) is 0.723. The number of anilines is 3. The van der Waals surface area contributed by atoms with E-state index in [2.05, 4.69) is 39.5 Å². The maximum absolute atomic E-state index is 5.72. The van der Waals surface area contributed by atoms with Crippen molar-refractivity contribution in [1.82, 2.24) is 14.9 Å². The molecule has 18 heavy (non-hydrogen) atoms. The molecule has 4 N–H and O–H groups in total. The summed E-state index contributed by atoms with van der Waals surface area (Å²) in [5, 5.41) is 6.64. The first kappa shape index (κ1) is 12.9. The van der Waals surface area contributed by atoms with Crippen molar-refractivity contribution < 1.29 is 0 Å². The first-order chi connectivity index (χ1) is 8.67. The molecule has 1 aliphatic heterocycles. The van der Waals surface area contributed by atoms with E-state index in [1.54, 1.807) is 0 Å². The van der Waals surface area contributed by atoms with Gasteiger partial charge in [-0.3, -0.25) is 0 Å². The number of nitrogens with one attached hydrogen (secondary N) is 2. The van der Waals surface area contributed by atoms with E-state index in [1.807, 2.05) is 6.07 Å². The summed E-state index contributed by atoms with van der Waals surface area (Å²) < 4.78 is 0. The number of hydrogen-bond donors (Lipinski definition) is 3. The number of likely N-dealkylation sites (tertiary alicyclic amines) is 1. The summed E-state index contributed by atoms with van der Waals surface area (Å²) in [6, 6.07) is 2.37. The number of aromatic nitrogens is 2. The molecular formula is C12H22N6. The second-order valence-corrected chi connectivity index (χ2v) is 4.82. The molecule has 6 heteroatoms. The number of nitrogens with two attached hydrogens (primary N) is 1. The van der Waals surface area contributed by atoms with Crippen molar-refractivity contribution in [3.05, 3.63) is 6.07 Å². The summed E-state index contributed by atoms with van der Waals surface area (Å²) in [4.78, 5) is 10.7. The van der Waals surface area contributed by atoms with Crippen LogP contribution in [0.25, 0.3) is 0 Å². The summed E-state index contributed by atoms with van der Waals surface area (Å²) >= 11 is 0. The average molecular weight is 250 g/mol. The maximum Gasteiger partial charge on any atom is 0.223 e. The lowest BCUT2D eigenvalue weighted by Crippen LogP contribution is -2.24. The summed E-state index contributed by atoms with van der Waals surface area (Å²) in [5.41, 5.74) is 5.72. The maximum atomic E-state index is 5.72. The zero-order valence-electron chi connectivity index (χ0n) is 11.1. The molecule has 1 saturated heterocycles. The molecule has 1 fully saturated rings. The summed E-state index contributed by atoms with van der Waals surface area (Å²) in [5.74, 6) is 1.91. The summed E-state index contributed by atoms with van der Waals surface area (Å²) in [6.45, 7) is 5.17. The van der Waals surface area contributed by atoms with E-state index in [4.69, 9.17) is 5.73 Å². The Balaban J connectivity index is 2.00. The van der Waals surface area contributed by atoms with Crippen LogP contribution in [0.2, 0.25) is 0 Å². The van der Waals surface area contributed by atoms with Gasteiger partial charge in [-0.1, -0.05) is 6.92 Å². The van der Waals surface area contributed by atoms with Gasteiger partial charge in [-0.25, -0.2) is 0 Å². The number of rotatable bonds is 5. The minimum atomic E-state index is 0.310. The van der Waals surface area contributed by atoms with Crippen LogP contribution in [-0.4, -0.2) is 47.6 Å².